The first kappa shape index (κ1) is 15.8. The lowest BCUT2D eigenvalue weighted by atomic mass is 10.1. The number of nitrogens with two attached hydrogens (primary N) is 1. The second-order valence-corrected chi connectivity index (χ2v) is 6.11. The zero-order valence-corrected chi connectivity index (χ0v) is 13.6. The summed E-state index contributed by atoms with van der Waals surface area (Å²) in [5.74, 6) is -0.169. The smallest absolute Gasteiger partial charge is 0.289 e. The van der Waals surface area contributed by atoms with Crippen LogP contribution in [0.5, 0.6) is 0 Å². The topological polar surface area (TPSA) is 79.8 Å². The average molecular weight is 336 g/mol. The van der Waals surface area contributed by atoms with Gasteiger partial charge in [0.25, 0.3) is 5.91 Å². The highest BCUT2D eigenvalue weighted by molar-refractivity contribution is 6.35. The normalized spacial score (nSPS) is 16.0. The molecule has 23 heavy (non-hydrogen) atoms. The maximum absolute atomic E-state index is 12.7. The number of para-hydroxylation sites is 1. The molecule has 0 radical (unpaired) electrons. The van der Waals surface area contributed by atoms with E-state index in [9.17, 15) is 9.59 Å². The number of hydrogen-bond acceptors (Lipinski definition) is 4. The van der Waals surface area contributed by atoms with Gasteiger partial charge in [0, 0.05) is 37.1 Å². The second-order valence-electron chi connectivity index (χ2n) is 5.71. The number of piperazine rings is 1. The van der Waals surface area contributed by atoms with E-state index < -0.39 is 0 Å². The van der Waals surface area contributed by atoms with Crippen molar-refractivity contribution in [2.24, 2.45) is 5.73 Å². The van der Waals surface area contributed by atoms with E-state index in [2.05, 4.69) is 0 Å². The van der Waals surface area contributed by atoms with Gasteiger partial charge in [0.15, 0.2) is 11.3 Å². The van der Waals surface area contributed by atoms with Gasteiger partial charge in [-0.25, -0.2) is 0 Å². The molecule has 7 heteroatoms. The van der Waals surface area contributed by atoms with Gasteiger partial charge < -0.3 is 15.1 Å². The number of nitrogens with zero attached hydrogens (tertiary/aromatic N) is 2. The molecule has 2 aromatic rings. The third-order valence-corrected chi connectivity index (χ3v) is 4.45. The van der Waals surface area contributed by atoms with Crippen LogP contribution >= 0.6 is 11.6 Å². The van der Waals surface area contributed by atoms with Crippen LogP contribution in [0.25, 0.3) is 11.0 Å². The Hall–Kier alpha value is -2.05. The number of hydrogen-bond donors (Lipinski definition) is 1. The number of furan rings is 1. The highest BCUT2D eigenvalue weighted by Crippen LogP contribution is 2.31. The van der Waals surface area contributed by atoms with Crippen molar-refractivity contribution in [1.29, 1.82) is 0 Å². The maximum atomic E-state index is 12.7. The number of rotatable bonds is 3. The van der Waals surface area contributed by atoms with E-state index in [0.29, 0.717) is 42.5 Å². The molecule has 0 aliphatic carbocycles. The summed E-state index contributed by atoms with van der Waals surface area (Å²) in [6, 6.07) is 5.47. The van der Waals surface area contributed by atoms with Crippen molar-refractivity contribution < 1.29 is 14.0 Å². The lowest BCUT2D eigenvalue weighted by molar-refractivity contribution is -0.119. The Morgan fingerprint density at radius 3 is 2.57 bits per heavy atom. The van der Waals surface area contributed by atoms with Crippen molar-refractivity contribution in [1.82, 2.24) is 9.80 Å². The standard InChI is InChI=1S/C16H18ClN3O3/c1-10-11-3-2-4-12(17)15(11)23-14(10)16(22)20-7-5-19(6-8-20)9-13(18)21/h2-4H,5-9H2,1H3,(H2,18,21). The van der Waals surface area contributed by atoms with E-state index in [4.69, 9.17) is 21.8 Å². The minimum absolute atomic E-state index is 0.145. The van der Waals surface area contributed by atoms with Crippen LogP contribution in [0.3, 0.4) is 0 Å². The number of benzene rings is 1. The zero-order chi connectivity index (χ0) is 16.6. The number of fused-ring (bicyclic) bond motifs is 1. The first-order valence-corrected chi connectivity index (χ1v) is 7.82. The Bertz CT molecular complexity index is 763. The predicted octanol–water partition coefficient (Wildman–Crippen LogP) is 1.64. The van der Waals surface area contributed by atoms with E-state index in [1.165, 1.54) is 0 Å². The van der Waals surface area contributed by atoms with Gasteiger partial charge in [-0.2, -0.15) is 0 Å². The molecule has 2 heterocycles. The first-order chi connectivity index (χ1) is 11.0. The number of amides is 2. The summed E-state index contributed by atoms with van der Waals surface area (Å²) >= 11 is 6.13. The van der Waals surface area contributed by atoms with Gasteiger partial charge in [-0.3, -0.25) is 14.5 Å². The lowest BCUT2D eigenvalue weighted by Gasteiger charge is -2.33. The first-order valence-electron chi connectivity index (χ1n) is 7.45. The molecule has 6 nitrogen and oxygen atoms in total. The Balaban J connectivity index is 1.78. The summed E-state index contributed by atoms with van der Waals surface area (Å²) in [7, 11) is 0. The zero-order valence-electron chi connectivity index (χ0n) is 12.8. The number of carbonyl (C=O) groups excluding carboxylic acids is 2. The molecule has 1 fully saturated rings. The SMILES string of the molecule is Cc1c(C(=O)N2CCN(CC(N)=O)CC2)oc2c(Cl)cccc12. The van der Waals surface area contributed by atoms with E-state index in [-0.39, 0.29) is 18.4 Å². The van der Waals surface area contributed by atoms with Crippen molar-refractivity contribution in [2.45, 2.75) is 6.92 Å². The lowest BCUT2D eigenvalue weighted by Crippen LogP contribution is -2.50. The Morgan fingerprint density at radius 2 is 1.96 bits per heavy atom. The minimum Gasteiger partial charge on any atom is -0.449 e. The summed E-state index contributed by atoms with van der Waals surface area (Å²) in [5.41, 5.74) is 6.54. The van der Waals surface area contributed by atoms with Crippen molar-refractivity contribution in [3.8, 4) is 0 Å². The van der Waals surface area contributed by atoms with Crippen LogP contribution in [0.15, 0.2) is 22.6 Å². The third kappa shape index (κ3) is 3.04. The average Bonchev–Trinajstić information content (AvgIpc) is 2.86. The molecular weight excluding hydrogens is 318 g/mol. The molecule has 122 valence electrons. The summed E-state index contributed by atoms with van der Waals surface area (Å²) in [6.45, 7) is 4.40. The van der Waals surface area contributed by atoms with E-state index in [1.54, 1.807) is 11.0 Å². The summed E-state index contributed by atoms with van der Waals surface area (Å²) in [5, 5.41) is 1.35. The molecule has 2 N–H and O–H groups in total. The number of halogens is 1. The van der Waals surface area contributed by atoms with E-state index in [0.717, 1.165) is 10.9 Å². The molecule has 0 bridgehead atoms. The van der Waals surface area contributed by atoms with Crippen LogP contribution in [-0.2, 0) is 4.79 Å². The maximum Gasteiger partial charge on any atom is 0.289 e. The number of carbonyl (C=O) groups is 2. The summed E-state index contributed by atoms with van der Waals surface area (Å²) in [6.07, 6.45) is 0. The van der Waals surface area contributed by atoms with Crippen LogP contribution in [-0.4, -0.2) is 54.3 Å². The van der Waals surface area contributed by atoms with Crippen LogP contribution < -0.4 is 5.73 Å². The highest BCUT2D eigenvalue weighted by atomic mass is 35.5. The van der Waals surface area contributed by atoms with Crippen LogP contribution in [0.1, 0.15) is 16.1 Å². The number of aryl methyl sites for hydroxylation is 1. The molecule has 0 saturated carbocycles. The molecule has 1 aromatic carbocycles. The van der Waals surface area contributed by atoms with Gasteiger partial charge in [0.2, 0.25) is 5.91 Å². The summed E-state index contributed by atoms with van der Waals surface area (Å²) < 4.78 is 5.73. The molecule has 0 spiro atoms. The Morgan fingerprint density at radius 1 is 1.26 bits per heavy atom. The van der Waals surface area contributed by atoms with Gasteiger partial charge >= 0.3 is 0 Å². The van der Waals surface area contributed by atoms with Crippen LogP contribution in [0.4, 0.5) is 0 Å². The van der Waals surface area contributed by atoms with E-state index in [1.807, 2.05) is 24.0 Å². The molecule has 1 aliphatic heterocycles. The predicted molar refractivity (Wildman–Crippen MR) is 87.5 cm³/mol. The van der Waals surface area contributed by atoms with Crippen molar-refractivity contribution in [2.75, 3.05) is 32.7 Å². The quantitative estimate of drug-likeness (QED) is 0.924. The monoisotopic (exact) mass is 335 g/mol. The molecular formula is C16H18ClN3O3. The van der Waals surface area contributed by atoms with Crippen molar-refractivity contribution in [3.63, 3.8) is 0 Å². The highest BCUT2D eigenvalue weighted by Gasteiger charge is 2.27. The minimum atomic E-state index is -0.354. The number of primary amides is 1. The molecule has 1 aliphatic rings. The fourth-order valence-electron chi connectivity index (χ4n) is 2.89. The van der Waals surface area contributed by atoms with Gasteiger partial charge in [-0.05, 0) is 13.0 Å². The van der Waals surface area contributed by atoms with Gasteiger partial charge in [0.05, 0.1) is 11.6 Å². The van der Waals surface area contributed by atoms with E-state index >= 15 is 0 Å². The van der Waals surface area contributed by atoms with Crippen molar-refractivity contribution >= 4 is 34.4 Å². The van der Waals surface area contributed by atoms with Gasteiger partial charge in [-0.15, -0.1) is 0 Å². The molecule has 0 atom stereocenters. The van der Waals surface area contributed by atoms with Crippen LogP contribution in [0, 0.1) is 6.92 Å². The molecule has 3 rings (SSSR count). The second kappa shape index (κ2) is 6.22. The van der Waals surface area contributed by atoms with Gasteiger partial charge in [0.1, 0.15) is 0 Å². The fraction of sp³-hybridized carbons (Fsp3) is 0.375. The third-order valence-electron chi connectivity index (χ3n) is 4.15. The molecule has 2 amide bonds. The van der Waals surface area contributed by atoms with Gasteiger partial charge in [-0.1, -0.05) is 23.7 Å². The Kier molecular flexibility index (Phi) is 4.28. The molecule has 0 unspecified atom stereocenters. The fourth-order valence-corrected chi connectivity index (χ4v) is 3.10. The Labute approximate surface area is 138 Å². The van der Waals surface area contributed by atoms with Crippen LogP contribution in [0.2, 0.25) is 5.02 Å². The summed E-state index contributed by atoms with van der Waals surface area (Å²) in [4.78, 5) is 27.3. The molecule has 1 saturated heterocycles. The largest absolute Gasteiger partial charge is 0.449 e. The van der Waals surface area contributed by atoms with Crippen molar-refractivity contribution in [3.05, 3.63) is 34.5 Å². The molecule has 1 aromatic heterocycles.